The van der Waals surface area contributed by atoms with Gasteiger partial charge >= 0.3 is 0 Å². The highest BCUT2D eigenvalue weighted by molar-refractivity contribution is 9.10. The minimum atomic E-state index is -0.428. The van der Waals surface area contributed by atoms with Crippen molar-refractivity contribution < 1.29 is 14.4 Å². The predicted molar refractivity (Wildman–Crippen MR) is 72.0 cm³/mol. The molecule has 1 N–H and O–H groups in total. The lowest BCUT2D eigenvalue weighted by atomic mass is 10.3. The molecule has 100 valence electrons. The lowest BCUT2D eigenvalue weighted by Crippen LogP contribution is -2.12. The lowest BCUT2D eigenvalue weighted by molar-refractivity contribution is -0.384. The maximum Gasteiger partial charge on any atom is 0.270 e. The van der Waals surface area contributed by atoms with Crippen LogP contribution in [0.4, 0.5) is 11.4 Å². The van der Waals surface area contributed by atoms with Gasteiger partial charge in [-0.25, -0.2) is 0 Å². The summed E-state index contributed by atoms with van der Waals surface area (Å²) in [6.07, 6.45) is 0. The van der Waals surface area contributed by atoms with Crippen molar-refractivity contribution in [1.29, 1.82) is 0 Å². The fourth-order valence-corrected chi connectivity index (χ4v) is 1.77. The molecule has 0 saturated heterocycles. The van der Waals surface area contributed by atoms with Crippen LogP contribution in [-0.2, 0) is 9.47 Å². The monoisotopic (exact) mass is 318 g/mol. The Morgan fingerprint density at radius 3 is 2.78 bits per heavy atom. The number of nitro benzene ring substituents is 1. The summed E-state index contributed by atoms with van der Waals surface area (Å²) in [6, 6.07) is 4.59. The Balaban J connectivity index is 2.36. The number of rotatable bonds is 8. The van der Waals surface area contributed by atoms with Crippen LogP contribution in [0.15, 0.2) is 22.7 Å². The van der Waals surface area contributed by atoms with Gasteiger partial charge in [-0.2, -0.15) is 0 Å². The minimum Gasteiger partial charge on any atom is -0.382 e. The van der Waals surface area contributed by atoms with Gasteiger partial charge in [-0.05, 0) is 22.0 Å². The number of benzene rings is 1. The molecule has 0 aromatic heterocycles. The number of halogens is 1. The number of non-ortho nitro benzene ring substituents is 1. The summed E-state index contributed by atoms with van der Waals surface area (Å²) >= 11 is 3.28. The molecular formula is C11H15BrN2O4. The Morgan fingerprint density at radius 1 is 1.39 bits per heavy atom. The number of nitro groups is 1. The second-order valence-electron chi connectivity index (χ2n) is 3.45. The van der Waals surface area contributed by atoms with Crippen molar-refractivity contribution in [2.24, 2.45) is 0 Å². The van der Waals surface area contributed by atoms with Crippen molar-refractivity contribution >= 4 is 27.3 Å². The Labute approximate surface area is 114 Å². The summed E-state index contributed by atoms with van der Waals surface area (Å²) < 4.78 is 10.8. The number of anilines is 1. The topological polar surface area (TPSA) is 73.6 Å². The van der Waals surface area contributed by atoms with E-state index in [1.807, 2.05) is 0 Å². The van der Waals surface area contributed by atoms with E-state index in [4.69, 9.17) is 9.47 Å². The molecule has 0 aliphatic heterocycles. The molecule has 0 bridgehead atoms. The minimum absolute atomic E-state index is 0.0590. The molecule has 0 aliphatic carbocycles. The number of nitrogens with zero attached hydrogens (tertiary/aromatic N) is 1. The first-order valence-corrected chi connectivity index (χ1v) is 6.19. The molecule has 0 amide bonds. The fourth-order valence-electron chi connectivity index (χ4n) is 1.26. The number of hydrogen-bond donors (Lipinski definition) is 1. The van der Waals surface area contributed by atoms with E-state index in [-0.39, 0.29) is 5.69 Å². The third-order valence-electron chi connectivity index (χ3n) is 2.16. The van der Waals surface area contributed by atoms with Crippen LogP contribution in [0.1, 0.15) is 0 Å². The standard InChI is InChI=1S/C11H15BrN2O4/c1-17-6-7-18-5-4-13-11-3-2-9(14(15)16)8-10(11)12/h2-3,8,13H,4-7H2,1H3. The summed E-state index contributed by atoms with van der Waals surface area (Å²) in [5.74, 6) is 0. The smallest absolute Gasteiger partial charge is 0.270 e. The average Bonchev–Trinajstić information content (AvgIpc) is 2.35. The van der Waals surface area contributed by atoms with E-state index in [1.54, 1.807) is 13.2 Å². The van der Waals surface area contributed by atoms with Gasteiger partial charge in [-0.15, -0.1) is 0 Å². The summed E-state index contributed by atoms with van der Waals surface area (Å²) in [6.45, 7) is 2.30. The maximum absolute atomic E-state index is 10.6. The van der Waals surface area contributed by atoms with Gasteiger partial charge in [0.1, 0.15) is 0 Å². The Bertz CT molecular complexity index is 401. The molecule has 0 spiro atoms. The Hall–Kier alpha value is -1.18. The van der Waals surface area contributed by atoms with Gasteiger partial charge in [0.25, 0.3) is 5.69 Å². The molecule has 0 saturated carbocycles. The average molecular weight is 319 g/mol. The molecule has 1 rings (SSSR count). The van der Waals surface area contributed by atoms with Crippen molar-refractivity contribution in [1.82, 2.24) is 0 Å². The molecule has 0 unspecified atom stereocenters. The summed E-state index contributed by atoms with van der Waals surface area (Å²) in [7, 11) is 1.62. The van der Waals surface area contributed by atoms with Crippen molar-refractivity contribution in [2.75, 3.05) is 38.8 Å². The van der Waals surface area contributed by atoms with Gasteiger partial charge in [-0.3, -0.25) is 10.1 Å². The van der Waals surface area contributed by atoms with Crippen LogP contribution in [0.3, 0.4) is 0 Å². The number of methoxy groups -OCH3 is 1. The molecule has 7 heteroatoms. The highest BCUT2D eigenvalue weighted by Gasteiger charge is 2.08. The zero-order chi connectivity index (χ0) is 13.4. The first kappa shape index (κ1) is 14.9. The van der Waals surface area contributed by atoms with Crippen molar-refractivity contribution in [3.05, 3.63) is 32.8 Å². The maximum atomic E-state index is 10.6. The van der Waals surface area contributed by atoms with Gasteiger partial charge in [0.05, 0.1) is 24.7 Å². The van der Waals surface area contributed by atoms with E-state index < -0.39 is 4.92 Å². The molecule has 0 radical (unpaired) electrons. The normalized spacial score (nSPS) is 10.3. The second kappa shape index (κ2) is 8.02. The zero-order valence-electron chi connectivity index (χ0n) is 10.0. The molecule has 6 nitrogen and oxygen atoms in total. The van der Waals surface area contributed by atoms with Crippen LogP contribution in [0.25, 0.3) is 0 Å². The molecule has 0 fully saturated rings. The number of hydrogen-bond acceptors (Lipinski definition) is 5. The highest BCUT2D eigenvalue weighted by Crippen LogP contribution is 2.26. The van der Waals surface area contributed by atoms with Crippen molar-refractivity contribution in [3.8, 4) is 0 Å². The van der Waals surface area contributed by atoms with Gasteiger partial charge in [-0.1, -0.05) is 0 Å². The van der Waals surface area contributed by atoms with Gasteiger partial charge in [0, 0.05) is 35.9 Å². The van der Waals surface area contributed by atoms with E-state index in [0.717, 1.165) is 5.69 Å². The third-order valence-corrected chi connectivity index (χ3v) is 2.81. The SMILES string of the molecule is COCCOCCNc1ccc([N+](=O)[O-])cc1Br. The van der Waals surface area contributed by atoms with Crippen LogP contribution in [0.5, 0.6) is 0 Å². The van der Waals surface area contributed by atoms with E-state index >= 15 is 0 Å². The molecular weight excluding hydrogens is 304 g/mol. The Morgan fingerprint density at radius 2 is 2.17 bits per heavy atom. The largest absolute Gasteiger partial charge is 0.382 e. The summed E-state index contributed by atoms with van der Waals surface area (Å²) in [4.78, 5) is 10.1. The van der Waals surface area contributed by atoms with Crippen LogP contribution in [0.2, 0.25) is 0 Å². The molecule has 18 heavy (non-hydrogen) atoms. The first-order valence-electron chi connectivity index (χ1n) is 5.39. The molecule has 1 aromatic carbocycles. The molecule has 0 aliphatic rings. The fraction of sp³-hybridized carbons (Fsp3) is 0.455. The molecule has 0 heterocycles. The van der Waals surface area contributed by atoms with Crippen molar-refractivity contribution in [2.45, 2.75) is 0 Å². The third kappa shape index (κ3) is 4.99. The van der Waals surface area contributed by atoms with E-state index in [9.17, 15) is 10.1 Å². The molecule has 1 aromatic rings. The number of ether oxygens (including phenoxy) is 2. The van der Waals surface area contributed by atoms with E-state index in [0.29, 0.717) is 30.8 Å². The second-order valence-corrected chi connectivity index (χ2v) is 4.31. The predicted octanol–water partition coefficient (Wildman–Crippen LogP) is 2.43. The lowest BCUT2D eigenvalue weighted by Gasteiger charge is -2.08. The van der Waals surface area contributed by atoms with Crippen molar-refractivity contribution in [3.63, 3.8) is 0 Å². The van der Waals surface area contributed by atoms with E-state index in [1.165, 1.54) is 12.1 Å². The quantitative estimate of drug-likeness (QED) is 0.452. The highest BCUT2D eigenvalue weighted by atomic mass is 79.9. The van der Waals surface area contributed by atoms with Gasteiger partial charge in [0.15, 0.2) is 0 Å². The van der Waals surface area contributed by atoms with Gasteiger partial charge < -0.3 is 14.8 Å². The van der Waals surface area contributed by atoms with E-state index in [2.05, 4.69) is 21.2 Å². The molecule has 0 atom stereocenters. The summed E-state index contributed by atoms with van der Waals surface area (Å²) in [5, 5.41) is 13.7. The number of nitrogens with one attached hydrogen (secondary N) is 1. The van der Waals surface area contributed by atoms with Crippen LogP contribution >= 0.6 is 15.9 Å². The first-order chi connectivity index (χ1) is 8.65. The van der Waals surface area contributed by atoms with Crippen LogP contribution < -0.4 is 5.32 Å². The van der Waals surface area contributed by atoms with Gasteiger partial charge in [0.2, 0.25) is 0 Å². The summed E-state index contributed by atoms with van der Waals surface area (Å²) in [5.41, 5.74) is 0.861. The van der Waals surface area contributed by atoms with Crippen LogP contribution in [-0.4, -0.2) is 38.4 Å². The Kier molecular flexibility index (Phi) is 6.63. The van der Waals surface area contributed by atoms with Crippen LogP contribution in [0, 0.1) is 10.1 Å². The zero-order valence-corrected chi connectivity index (χ0v) is 11.6.